The number of amides is 1. The fourth-order valence-corrected chi connectivity index (χ4v) is 2.20. The van der Waals surface area contributed by atoms with Gasteiger partial charge in [-0.2, -0.15) is 0 Å². The predicted molar refractivity (Wildman–Crippen MR) is 79.0 cm³/mol. The third-order valence-corrected chi connectivity index (χ3v) is 3.24. The molecule has 1 amide bonds. The van der Waals surface area contributed by atoms with Crippen LogP contribution in [0.5, 0.6) is 0 Å². The number of aryl methyl sites for hydroxylation is 1. The number of thioether (sulfide) groups is 1. The maximum atomic E-state index is 11.9. The lowest BCUT2D eigenvalue weighted by atomic mass is 10.3. The van der Waals surface area contributed by atoms with Crippen molar-refractivity contribution in [1.29, 1.82) is 0 Å². The van der Waals surface area contributed by atoms with Gasteiger partial charge in [0.05, 0.1) is 11.4 Å². The van der Waals surface area contributed by atoms with Gasteiger partial charge in [-0.15, -0.1) is 5.10 Å². The summed E-state index contributed by atoms with van der Waals surface area (Å²) >= 11 is 1.28. The number of carbonyl (C=O) groups excluding carboxylic acids is 1. The standard InChI is InChI=1S/C12H16N6OS/c1-8-14-12(17-16-8)20-7-10(19)15-9-5-4-6-13-11(9)18(2)3/h4-6H,7H2,1-3H3,(H,15,19)(H,14,16,17). The predicted octanol–water partition coefficient (Wildman–Crippen LogP) is 1.30. The number of nitrogens with one attached hydrogen (secondary N) is 2. The van der Waals surface area contributed by atoms with Gasteiger partial charge in [0.1, 0.15) is 5.82 Å². The van der Waals surface area contributed by atoms with Crippen molar-refractivity contribution in [3.8, 4) is 0 Å². The number of nitrogens with zero attached hydrogens (tertiary/aromatic N) is 4. The number of H-pyrrole nitrogens is 1. The highest BCUT2D eigenvalue weighted by molar-refractivity contribution is 7.99. The van der Waals surface area contributed by atoms with Crippen molar-refractivity contribution < 1.29 is 4.79 Å². The van der Waals surface area contributed by atoms with Crippen LogP contribution in [0.2, 0.25) is 0 Å². The average Bonchev–Trinajstić information content (AvgIpc) is 2.83. The molecule has 0 unspecified atom stereocenters. The quantitative estimate of drug-likeness (QED) is 0.808. The molecule has 2 heterocycles. The Morgan fingerprint density at radius 3 is 2.95 bits per heavy atom. The summed E-state index contributed by atoms with van der Waals surface area (Å²) in [5, 5.41) is 10.1. The van der Waals surface area contributed by atoms with Crippen LogP contribution in [-0.2, 0) is 4.79 Å². The summed E-state index contributed by atoms with van der Waals surface area (Å²) in [6.07, 6.45) is 1.69. The van der Waals surface area contributed by atoms with Gasteiger partial charge in [0, 0.05) is 20.3 Å². The average molecular weight is 292 g/mol. The van der Waals surface area contributed by atoms with Crippen molar-refractivity contribution in [1.82, 2.24) is 20.2 Å². The largest absolute Gasteiger partial charge is 0.361 e. The highest BCUT2D eigenvalue weighted by Crippen LogP contribution is 2.21. The summed E-state index contributed by atoms with van der Waals surface area (Å²) in [6, 6.07) is 3.61. The molecular formula is C12H16N6OS. The van der Waals surface area contributed by atoms with E-state index in [4.69, 9.17) is 0 Å². The normalized spacial score (nSPS) is 10.3. The third-order valence-electron chi connectivity index (χ3n) is 2.39. The summed E-state index contributed by atoms with van der Waals surface area (Å²) in [5.41, 5.74) is 0.689. The van der Waals surface area contributed by atoms with Gasteiger partial charge in [0.25, 0.3) is 0 Å². The fraction of sp³-hybridized carbons (Fsp3) is 0.333. The second kappa shape index (κ2) is 6.38. The summed E-state index contributed by atoms with van der Waals surface area (Å²) in [4.78, 5) is 22.1. The number of rotatable bonds is 5. The molecule has 2 N–H and O–H groups in total. The molecule has 2 aromatic heterocycles. The summed E-state index contributed by atoms with van der Waals surface area (Å²) in [5.74, 6) is 1.59. The van der Waals surface area contributed by atoms with Crippen LogP contribution >= 0.6 is 11.8 Å². The molecule has 106 valence electrons. The van der Waals surface area contributed by atoms with Crippen LogP contribution in [0.4, 0.5) is 11.5 Å². The van der Waals surface area contributed by atoms with Crippen molar-refractivity contribution in [2.45, 2.75) is 12.1 Å². The molecule has 0 saturated heterocycles. The molecule has 0 bridgehead atoms. The smallest absolute Gasteiger partial charge is 0.234 e. The number of hydrogen-bond donors (Lipinski definition) is 2. The maximum Gasteiger partial charge on any atom is 0.234 e. The van der Waals surface area contributed by atoms with Crippen LogP contribution in [0.1, 0.15) is 5.82 Å². The minimum atomic E-state index is -0.117. The summed E-state index contributed by atoms with van der Waals surface area (Å²) in [7, 11) is 3.76. The molecule has 7 nitrogen and oxygen atoms in total. The van der Waals surface area contributed by atoms with E-state index in [9.17, 15) is 4.79 Å². The highest BCUT2D eigenvalue weighted by atomic mass is 32.2. The molecule has 0 aromatic carbocycles. The number of aromatic nitrogens is 4. The number of pyridine rings is 1. The maximum absolute atomic E-state index is 11.9. The molecule has 0 aliphatic heterocycles. The first-order valence-corrected chi connectivity index (χ1v) is 6.99. The molecule has 20 heavy (non-hydrogen) atoms. The van der Waals surface area contributed by atoms with Gasteiger partial charge in [-0.25, -0.2) is 9.97 Å². The zero-order valence-corrected chi connectivity index (χ0v) is 12.4. The van der Waals surface area contributed by atoms with Gasteiger partial charge in [-0.1, -0.05) is 11.8 Å². The Balaban J connectivity index is 1.94. The molecule has 0 aliphatic carbocycles. The Labute approximate surface area is 121 Å². The number of hydrogen-bond acceptors (Lipinski definition) is 6. The van der Waals surface area contributed by atoms with Crippen LogP contribution < -0.4 is 10.2 Å². The van der Waals surface area contributed by atoms with Crippen molar-refractivity contribution in [3.63, 3.8) is 0 Å². The molecule has 0 spiro atoms. The lowest BCUT2D eigenvalue weighted by Crippen LogP contribution is -2.19. The fourth-order valence-electron chi connectivity index (χ4n) is 1.55. The first kappa shape index (κ1) is 14.3. The molecule has 2 rings (SSSR count). The van der Waals surface area contributed by atoms with Crippen LogP contribution in [0.3, 0.4) is 0 Å². The van der Waals surface area contributed by atoms with Crippen molar-refractivity contribution in [3.05, 3.63) is 24.2 Å². The molecule has 0 fully saturated rings. The number of anilines is 2. The summed E-state index contributed by atoms with van der Waals surface area (Å²) in [6.45, 7) is 1.82. The van der Waals surface area contributed by atoms with Crippen LogP contribution in [0.25, 0.3) is 0 Å². The van der Waals surface area contributed by atoms with Crippen molar-refractivity contribution in [2.24, 2.45) is 0 Å². The Hall–Kier alpha value is -2.09. The molecule has 0 aliphatic rings. The van der Waals surface area contributed by atoms with E-state index in [2.05, 4.69) is 25.5 Å². The minimum Gasteiger partial charge on any atom is -0.361 e. The molecule has 0 atom stereocenters. The Bertz CT molecular complexity index is 597. The van der Waals surface area contributed by atoms with Gasteiger partial charge < -0.3 is 10.2 Å². The highest BCUT2D eigenvalue weighted by Gasteiger charge is 2.10. The van der Waals surface area contributed by atoms with Crippen LogP contribution in [0, 0.1) is 6.92 Å². The van der Waals surface area contributed by atoms with E-state index in [0.29, 0.717) is 10.8 Å². The zero-order chi connectivity index (χ0) is 14.5. The van der Waals surface area contributed by atoms with Crippen molar-refractivity contribution in [2.75, 3.05) is 30.1 Å². The zero-order valence-electron chi connectivity index (χ0n) is 11.5. The SMILES string of the molecule is Cc1nc(SCC(=O)Nc2cccnc2N(C)C)n[nH]1. The second-order valence-corrected chi connectivity index (χ2v) is 5.25. The lowest BCUT2D eigenvalue weighted by Gasteiger charge is -2.15. The van der Waals surface area contributed by atoms with Gasteiger partial charge in [0.15, 0.2) is 5.82 Å². The van der Waals surface area contributed by atoms with E-state index >= 15 is 0 Å². The van der Waals surface area contributed by atoms with Crippen LogP contribution in [0.15, 0.2) is 23.5 Å². The number of carbonyl (C=O) groups is 1. The first-order chi connectivity index (χ1) is 9.56. The molecule has 8 heteroatoms. The molecular weight excluding hydrogens is 276 g/mol. The van der Waals surface area contributed by atoms with Gasteiger partial charge >= 0.3 is 0 Å². The monoisotopic (exact) mass is 292 g/mol. The minimum absolute atomic E-state index is 0.117. The van der Waals surface area contributed by atoms with Crippen molar-refractivity contribution >= 4 is 29.2 Å². The van der Waals surface area contributed by atoms with Gasteiger partial charge in [0.2, 0.25) is 11.1 Å². The van der Waals surface area contributed by atoms with E-state index in [1.54, 1.807) is 12.3 Å². The van der Waals surface area contributed by atoms with Crippen LogP contribution in [-0.4, -0.2) is 45.9 Å². The molecule has 2 aromatic rings. The summed E-state index contributed by atoms with van der Waals surface area (Å²) < 4.78 is 0. The Kier molecular flexibility index (Phi) is 4.57. The first-order valence-electron chi connectivity index (χ1n) is 6.00. The van der Waals surface area contributed by atoms with E-state index < -0.39 is 0 Å². The van der Waals surface area contributed by atoms with E-state index in [1.165, 1.54) is 11.8 Å². The second-order valence-electron chi connectivity index (χ2n) is 4.31. The Morgan fingerprint density at radius 2 is 2.30 bits per heavy atom. The Morgan fingerprint density at radius 1 is 1.50 bits per heavy atom. The lowest BCUT2D eigenvalue weighted by molar-refractivity contribution is -0.113. The van der Waals surface area contributed by atoms with Gasteiger partial charge in [-0.05, 0) is 19.1 Å². The topological polar surface area (TPSA) is 86.8 Å². The van der Waals surface area contributed by atoms with Gasteiger partial charge in [-0.3, -0.25) is 9.89 Å². The van der Waals surface area contributed by atoms with E-state index in [0.717, 1.165) is 11.6 Å². The molecule has 0 radical (unpaired) electrons. The van der Waals surface area contributed by atoms with E-state index in [-0.39, 0.29) is 11.7 Å². The third kappa shape index (κ3) is 3.70. The molecule has 0 saturated carbocycles. The number of aromatic amines is 1. The van der Waals surface area contributed by atoms with E-state index in [1.807, 2.05) is 32.0 Å².